The topological polar surface area (TPSA) is 91.6 Å². The Morgan fingerprint density at radius 3 is 2.94 bits per heavy atom. The number of rotatable bonds is 4. The third-order valence-electron chi connectivity index (χ3n) is 8.10. The molecule has 0 N–H and O–H groups in total. The van der Waals surface area contributed by atoms with Crippen molar-refractivity contribution in [3.63, 3.8) is 0 Å². The van der Waals surface area contributed by atoms with Crippen molar-refractivity contribution in [2.24, 2.45) is 0 Å². The van der Waals surface area contributed by atoms with Gasteiger partial charge in [-0.2, -0.15) is 0 Å². The van der Waals surface area contributed by atoms with Crippen molar-refractivity contribution in [3.8, 4) is 5.75 Å². The number of carbonyl (C=O) groups is 1. The number of pyridine rings is 1. The molecule has 9 nitrogen and oxygen atoms in total. The van der Waals surface area contributed by atoms with Crippen molar-refractivity contribution >= 4 is 16.8 Å². The molecule has 3 aromatic rings. The second kappa shape index (κ2) is 7.23. The molecule has 5 aliphatic rings. The van der Waals surface area contributed by atoms with E-state index in [4.69, 9.17) is 14.2 Å². The number of hydrogen-bond donors (Lipinski definition) is 0. The molecule has 1 aliphatic carbocycles. The van der Waals surface area contributed by atoms with E-state index in [1.807, 2.05) is 41.0 Å². The Hall–Kier alpha value is -3.04. The molecule has 2 bridgehead atoms. The minimum Gasteiger partial charge on any atom is -0.484 e. The molecular weight excluding hydrogens is 434 g/mol. The molecule has 1 atom stereocenters. The van der Waals surface area contributed by atoms with Gasteiger partial charge in [0.25, 0.3) is 0 Å². The molecular formula is C25H27N5O4. The predicted molar refractivity (Wildman–Crippen MR) is 121 cm³/mol. The highest BCUT2D eigenvalue weighted by Crippen LogP contribution is 2.59. The van der Waals surface area contributed by atoms with Crippen LogP contribution in [0.1, 0.15) is 49.1 Å². The Bertz CT molecular complexity index is 1300. The van der Waals surface area contributed by atoms with E-state index in [0.717, 1.165) is 60.2 Å². The highest BCUT2D eigenvalue weighted by atomic mass is 16.5. The number of aromatic nitrogens is 4. The van der Waals surface area contributed by atoms with Crippen LogP contribution in [0.25, 0.3) is 10.9 Å². The summed E-state index contributed by atoms with van der Waals surface area (Å²) in [5.41, 5.74) is 3.98. The van der Waals surface area contributed by atoms with Gasteiger partial charge in [0.1, 0.15) is 24.2 Å². The van der Waals surface area contributed by atoms with E-state index in [1.165, 1.54) is 5.56 Å². The van der Waals surface area contributed by atoms with Crippen LogP contribution in [0.4, 0.5) is 0 Å². The van der Waals surface area contributed by atoms with Gasteiger partial charge >= 0.3 is 0 Å². The van der Waals surface area contributed by atoms with Crippen molar-refractivity contribution < 1.29 is 19.0 Å². The Morgan fingerprint density at radius 1 is 1.15 bits per heavy atom. The van der Waals surface area contributed by atoms with Gasteiger partial charge in [-0.25, -0.2) is 4.68 Å². The number of amides is 1. The summed E-state index contributed by atoms with van der Waals surface area (Å²) < 4.78 is 19.3. The summed E-state index contributed by atoms with van der Waals surface area (Å²) in [6.07, 6.45) is 7.27. The fourth-order valence-electron chi connectivity index (χ4n) is 6.41. The molecule has 34 heavy (non-hydrogen) atoms. The molecule has 0 unspecified atom stereocenters. The molecule has 3 saturated heterocycles. The van der Waals surface area contributed by atoms with Crippen molar-refractivity contribution in [3.05, 3.63) is 47.4 Å². The molecule has 9 heteroatoms. The second-order valence-corrected chi connectivity index (χ2v) is 10.2. The van der Waals surface area contributed by atoms with Crippen molar-refractivity contribution in [2.45, 2.75) is 56.4 Å². The van der Waals surface area contributed by atoms with E-state index < -0.39 is 0 Å². The Kier molecular flexibility index (Phi) is 4.32. The zero-order valence-electron chi connectivity index (χ0n) is 19.2. The maximum absolute atomic E-state index is 12.5. The quantitative estimate of drug-likeness (QED) is 0.590. The zero-order chi connectivity index (χ0) is 22.9. The summed E-state index contributed by atoms with van der Waals surface area (Å²) in [5, 5.41) is 10.0. The summed E-state index contributed by atoms with van der Waals surface area (Å²) in [7, 11) is 0. The lowest BCUT2D eigenvalue weighted by Crippen LogP contribution is -2.54. The van der Waals surface area contributed by atoms with Crippen LogP contribution in [0.2, 0.25) is 0 Å². The lowest BCUT2D eigenvalue weighted by Gasteiger charge is -2.46. The molecule has 1 aromatic carbocycles. The summed E-state index contributed by atoms with van der Waals surface area (Å²) in [6, 6.07) is 6.05. The van der Waals surface area contributed by atoms with Crippen LogP contribution in [-0.2, 0) is 32.8 Å². The maximum atomic E-state index is 12.5. The third-order valence-corrected chi connectivity index (χ3v) is 8.10. The van der Waals surface area contributed by atoms with Crippen LogP contribution in [0.3, 0.4) is 0 Å². The average Bonchev–Trinajstić information content (AvgIpc) is 3.51. The minimum absolute atomic E-state index is 0.0644. The average molecular weight is 462 g/mol. The first-order valence-corrected chi connectivity index (χ1v) is 12.0. The van der Waals surface area contributed by atoms with Gasteiger partial charge in [0.15, 0.2) is 0 Å². The normalized spacial score (nSPS) is 28.7. The van der Waals surface area contributed by atoms with E-state index in [-0.39, 0.29) is 29.7 Å². The minimum atomic E-state index is -0.255. The van der Waals surface area contributed by atoms with Crippen LogP contribution in [-0.4, -0.2) is 62.7 Å². The molecule has 4 fully saturated rings. The third kappa shape index (κ3) is 2.93. The highest BCUT2D eigenvalue weighted by Gasteiger charge is 2.68. The molecule has 4 aliphatic heterocycles. The van der Waals surface area contributed by atoms with Gasteiger partial charge in [0, 0.05) is 24.7 Å². The summed E-state index contributed by atoms with van der Waals surface area (Å²) in [4.78, 5) is 19.1. The molecule has 1 saturated carbocycles. The van der Waals surface area contributed by atoms with E-state index >= 15 is 0 Å². The number of carbonyl (C=O) groups excluding carboxylic acids is 1. The van der Waals surface area contributed by atoms with Crippen molar-refractivity contribution in [1.29, 1.82) is 0 Å². The first kappa shape index (κ1) is 20.3. The van der Waals surface area contributed by atoms with Gasteiger partial charge in [-0.05, 0) is 61.9 Å². The van der Waals surface area contributed by atoms with Crippen LogP contribution in [0, 0.1) is 0 Å². The Labute approximate surface area is 197 Å². The maximum Gasteiger partial charge on any atom is 0.249 e. The monoisotopic (exact) mass is 461 g/mol. The van der Waals surface area contributed by atoms with E-state index in [2.05, 4.69) is 21.4 Å². The molecule has 1 amide bonds. The van der Waals surface area contributed by atoms with Crippen LogP contribution >= 0.6 is 0 Å². The lowest BCUT2D eigenvalue weighted by atomic mass is 9.66. The van der Waals surface area contributed by atoms with Gasteiger partial charge in [0.05, 0.1) is 36.0 Å². The van der Waals surface area contributed by atoms with Crippen molar-refractivity contribution in [2.75, 3.05) is 26.4 Å². The fraction of sp³-hybridized carbons (Fsp3) is 0.520. The Morgan fingerprint density at radius 2 is 2.03 bits per heavy atom. The largest absolute Gasteiger partial charge is 0.484 e. The summed E-state index contributed by atoms with van der Waals surface area (Å²) in [5.74, 6) is 0.880. The zero-order valence-corrected chi connectivity index (χ0v) is 19.2. The first-order chi connectivity index (χ1) is 16.6. The number of benzene rings is 1. The van der Waals surface area contributed by atoms with Gasteiger partial charge in [-0.15, -0.1) is 5.10 Å². The van der Waals surface area contributed by atoms with Gasteiger partial charge < -0.3 is 19.1 Å². The SMILES string of the molecule is C[C@@H](Oc1ccc2ncc3c(c2c1)CCOC3)c1cn(C23CN4C(=O)COCCC4(C2)C3)nn1. The molecule has 0 radical (unpaired) electrons. The molecule has 2 aromatic heterocycles. The second-order valence-electron chi connectivity index (χ2n) is 10.2. The molecule has 1 spiro atoms. The molecule has 8 rings (SSSR count). The van der Waals surface area contributed by atoms with Gasteiger partial charge in [-0.1, -0.05) is 5.21 Å². The Balaban J connectivity index is 1.11. The molecule has 176 valence electrons. The van der Waals surface area contributed by atoms with Gasteiger partial charge in [0.2, 0.25) is 5.91 Å². The van der Waals surface area contributed by atoms with Crippen LogP contribution in [0.15, 0.2) is 30.6 Å². The summed E-state index contributed by atoms with van der Waals surface area (Å²) >= 11 is 0. The number of ether oxygens (including phenoxy) is 3. The number of hydrogen-bond acceptors (Lipinski definition) is 7. The fourth-order valence-corrected chi connectivity index (χ4v) is 6.41. The van der Waals surface area contributed by atoms with E-state index in [9.17, 15) is 4.79 Å². The van der Waals surface area contributed by atoms with Crippen LogP contribution in [0.5, 0.6) is 5.75 Å². The smallest absolute Gasteiger partial charge is 0.249 e. The number of nitrogens with zero attached hydrogens (tertiary/aromatic N) is 5. The van der Waals surface area contributed by atoms with Gasteiger partial charge in [-0.3, -0.25) is 9.78 Å². The first-order valence-electron chi connectivity index (χ1n) is 12.0. The summed E-state index contributed by atoms with van der Waals surface area (Å²) in [6.45, 7) is 4.84. The predicted octanol–water partition coefficient (Wildman–Crippen LogP) is 2.53. The lowest BCUT2D eigenvalue weighted by molar-refractivity contribution is -0.136. The van der Waals surface area contributed by atoms with E-state index in [1.54, 1.807) is 0 Å². The van der Waals surface area contributed by atoms with Crippen molar-refractivity contribution in [1.82, 2.24) is 24.9 Å². The standard InChI is InChI=1S/C25H27N5O4/c1-16(34-18-2-3-21-20(8-18)19-4-6-32-11-17(19)9-26-21)22-10-30(28-27-22)25-13-24(14-25)5-7-33-12-23(31)29(24)15-25/h2-3,8-10,16H,4-7,11-15H2,1H3/t16-,24?,25?/m1/s1. The van der Waals surface area contributed by atoms with E-state index in [0.29, 0.717) is 19.8 Å². The van der Waals surface area contributed by atoms with Crippen LogP contribution < -0.4 is 4.74 Å². The molecule has 6 heterocycles. The highest BCUT2D eigenvalue weighted by molar-refractivity contribution is 5.84. The number of fused-ring (bicyclic) bond motifs is 3.